The molecule has 0 aliphatic carbocycles. The van der Waals surface area contributed by atoms with Gasteiger partial charge in [-0.05, 0) is 29.8 Å². The van der Waals surface area contributed by atoms with Crippen molar-refractivity contribution in [3.63, 3.8) is 0 Å². The van der Waals surface area contributed by atoms with Crippen molar-refractivity contribution in [1.82, 2.24) is 4.98 Å². The summed E-state index contributed by atoms with van der Waals surface area (Å²) in [6.45, 7) is 8.70. The van der Waals surface area contributed by atoms with Crippen LogP contribution in [0.15, 0.2) is 60.8 Å². The summed E-state index contributed by atoms with van der Waals surface area (Å²) in [6.07, 6.45) is 2.27. The summed E-state index contributed by atoms with van der Waals surface area (Å²) in [6, 6.07) is 18.2. The van der Waals surface area contributed by atoms with E-state index in [1.54, 1.807) is 36.4 Å². The number of rotatable bonds is 7. The van der Waals surface area contributed by atoms with E-state index in [4.69, 9.17) is 38.1 Å². The lowest BCUT2D eigenvalue weighted by Crippen LogP contribution is -2.16. The van der Waals surface area contributed by atoms with Gasteiger partial charge < -0.3 is 25.3 Å². The van der Waals surface area contributed by atoms with Crippen LogP contribution in [0.2, 0.25) is 5.02 Å². The van der Waals surface area contributed by atoms with E-state index in [9.17, 15) is 5.26 Å². The second kappa shape index (κ2) is 10.6. The summed E-state index contributed by atoms with van der Waals surface area (Å²) in [7, 11) is 0. The zero-order valence-corrected chi connectivity index (χ0v) is 20.5. The van der Waals surface area contributed by atoms with Crippen LogP contribution < -0.4 is 20.5 Å². The number of para-hydroxylation sites is 1. The smallest absolute Gasteiger partial charge is 0.193 e. The van der Waals surface area contributed by atoms with E-state index in [1.165, 1.54) is 6.20 Å². The molecule has 5 rings (SSSR count). The third kappa shape index (κ3) is 5.22. The zero-order chi connectivity index (χ0) is 25.8. The van der Waals surface area contributed by atoms with Gasteiger partial charge in [0, 0.05) is 29.8 Å². The summed E-state index contributed by atoms with van der Waals surface area (Å²) >= 11 is 6.50. The van der Waals surface area contributed by atoms with Crippen LogP contribution in [0.3, 0.4) is 0 Å². The second-order valence-corrected chi connectivity index (χ2v) is 8.88. The molecule has 1 aliphatic heterocycles. The molecule has 0 bridgehead atoms. The number of hydrogen-bond acceptors (Lipinski definition) is 7. The molecule has 0 saturated carbocycles. The molecule has 0 spiro atoms. The Balaban J connectivity index is 1.40. The van der Waals surface area contributed by atoms with Crippen molar-refractivity contribution in [2.45, 2.75) is 19.1 Å². The molecule has 0 amide bonds. The topological polar surface area (TPSA) is 107 Å². The number of nitriles is 1. The van der Waals surface area contributed by atoms with Gasteiger partial charge in [0.05, 0.1) is 47.3 Å². The number of pyridine rings is 1. The average molecular weight is 512 g/mol. The molecule has 9 heteroatoms. The number of aromatic nitrogens is 1. The molecule has 184 valence electrons. The van der Waals surface area contributed by atoms with Gasteiger partial charge in [-0.1, -0.05) is 35.9 Å². The summed E-state index contributed by atoms with van der Waals surface area (Å²) in [5.74, 6) is 1.02. The maximum atomic E-state index is 9.72. The zero-order valence-electron chi connectivity index (χ0n) is 19.7. The third-order valence-corrected chi connectivity index (χ3v) is 6.29. The Bertz CT molecular complexity index is 1550. The van der Waals surface area contributed by atoms with Crippen LogP contribution >= 0.6 is 11.6 Å². The maximum absolute atomic E-state index is 9.72. The lowest BCUT2D eigenvalue weighted by molar-refractivity contribution is 0.142. The van der Waals surface area contributed by atoms with Gasteiger partial charge in [0.15, 0.2) is 5.69 Å². The van der Waals surface area contributed by atoms with Gasteiger partial charge in [0.1, 0.15) is 30.3 Å². The van der Waals surface area contributed by atoms with E-state index in [0.29, 0.717) is 69.0 Å². The largest absolute Gasteiger partial charge is 0.489 e. The Morgan fingerprint density at radius 2 is 2.08 bits per heavy atom. The molecule has 0 radical (unpaired) electrons. The lowest BCUT2D eigenvalue weighted by atomic mass is 10.1. The van der Waals surface area contributed by atoms with E-state index in [2.05, 4.69) is 21.2 Å². The number of hydrogen-bond donors (Lipinski definition) is 2. The van der Waals surface area contributed by atoms with E-state index in [0.717, 1.165) is 12.0 Å². The number of ether oxygens (including phenoxy) is 3. The number of nitrogens with zero attached hydrogens (tertiary/aromatic N) is 3. The average Bonchev–Trinajstić information content (AvgIpc) is 3.42. The molecule has 3 aromatic carbocycles. The first-order chi connectivity index (χ1) is 18.1. The molecule has 1 saturated heterocycles. The fraction of sp³-hybridized carbons (Fsp3) is 0.179. The standard InChI is InChI=1S/C28H22ClN5O3/c1-32-24-5-3-2-4-17(24)15-36-26-7-6-19(10-22(26)29)34-28-18(13-30)14-33-25-12-27(23(31)11-21(25)28)37-20-8-9-35-16-20/h2-7,10-12,14,20H,8-9,15-16,31H2,(H,33,34). The van der Waals surface area contributed by atoms with Crippen LogP contribution in [-0.4, -0.2) is 24.3 Å². The molecule has 2 heterocycles. The van der Waals surface area contributed by atoms with E-state index in [-0.39, 0.29) is 12.7 Å². The van der Waals surface area contributed by atoms with Crippen molar-refractivity contribution in [2.75, 3.05) is 24.3 Å². The number of anilines is 3. The van der Waals surface area contributed by atoms with Crippen LogP contribution in [0.25, 0.3) is 15.7 Å². The van der Waals surface area contributed by atoms with Crippen molar-refractivity contribution in [2.24, 2.45) is 0 Å². The van der Waals surface area contributed by atoms with Gasteiger partial charge in [-0.3, -0.25) is 4.98 Å². The first-order valence-electron chi connectivity index (χ1n) is 11.6. The summed E-state index contributed by atoms with van der Waals surface area (Å²) < 4.78 is 17.2. The number of halogens is 1. The quantitative estimate of drug-likeness (QED) is 0.219. The summed E-state index contributed by atoms with van der Waals surface area (Å²) in [4.78, 5) is 7.95. The van der Waals surface area contributed by atoms with Gasteiger partial charge >= 0.3 is 0 Å². The van der Waals surface area contributed by atoms with Gasteiger partial charge in [-0.2, -0.15) is 5.26 Å². The van der Waals surface area contributed by atoms with Crippen molar-refractivity contribution in [3.05, 3.63) is 88.4 Å². The molecule has 1 unspecified atom stereocenters. The van der Waals surface area contributed by atoms with Crippen LogP contribution in [0.4, 0.5) is 22.7 Å². The Hall–Kier alpha value is -4.50. The van der Waals surface area contributed by atoms with Crippen molar-refractivity contribution in [1.29, 1.82) is 5.26 Å². The third-order valence-electron chi connectivity index (χ3n) is 6.00. The molecule has 4 aromatic rings. The molecule has 37 heavy (non-hydrogen) atoms. The molecule has 3 N–H and O–H groups in total. The molecular formula is C28H22ClN5O3. The molecule has 1 aromatic heterocycles. The first kappa shape index (κ1) is 24.2. The number of nitrogens with two attached hydrogens (primary N) is 1. The predicted octanol–water partition coefficient (Wildman–Crippen LogP) is 6.38. The predicted molar refractivity (Wildman–Crippen MR) is 142 cm³/mol. The SMILES string of the molecule is [C-]#[N+]c1ccccc1COc1ccc(Nc2c(C#N)cnc3cc(OC4CCOC4)c(N)cc23)cc1Cl. The highest BCUT2D eigenvalue weighted by atomic mass is 35.5. The minimum atomic E-state index is -0.0477. The maximum Gasteiger partial charge on any atom is 0.193 e. The fourth-order valence-corrected chi connectivity index (χ4v) is 4.32. The molecule has 1 fully saturated rings. The number of benzene rings is 3. The molecular weight excluding hydrogens is 490 g/mol. The van der Waals surface area contributed by atoms with Crippen LogP contribution in [0.1, 0.15) is 17.5 Å². The highest BCUT2D eigenvalue weighted by Gasteiger charge is 2.20. The van der Waals surface area contributed by atoms with Crippen LogP contribution in [0.5, 0.6) is 11.5 Å². The van der Waals surface area contributed by atoms with Gasteiger partial charge in [0.25, 0.3) is 0 Å². The number of nitrogens with one attached hydrogen (secondary N) is 1. The monoisotopic (exact) mass is 511 g/mol. The van der Waals surface area contributed by atoms with E-state index in [1.807, 2.05) is 18.2 Å². The van der Waals surface area contributed by atoms with E-state index >= 15 is 0 Å². The van der Waals surface area contributed by atoms with Gasteiger partial charge in [0.2, 0.25) is 0 Å². The van der Waals surface area contributed by atoms with Crippen LogP contribution in [0, 0.1) is 17.9 Å². The Morgan fingerprint density at radius 1 is 1.22 bits per heavy atom. The summed E-state index contributed by atoms with van der Waals surface area (Å²) in [5.41, 5.74) is 10.3. The minimum absolute atomic E-state index is 0.0477. The Labute approximate surface area is 219 Å². The molecule has 8 nitrogen and oxygen atoms in total. The van der Waals surface area contributed by atoms with Gasteiger partial charge in [-0.25, -0.2) is 4.85 Å². The Kier molecular flexibility index (Phi) is 6.96. The number of nitrogen functional groups attached to an aromatic ring is 1. The second-order valence-electron chi connectivity index (χ2n) is 8.47. The van der Waals surface area contributed by atoms with Crippen molar-refractivity contribution < 1.29 is 14.2 Å². The Morgan fingerprint density at radius 3 is 2.84 bits per heavy atom. The van der Waals surface area contributed by atoms with Gasteiger partial charge in [-0.15, -0.1) is 0 Å². The lowest BCUT2D eigenvalue weighted by Gasteiger charge is -2.17. The highest BCUT2D eigenvalue weighted by molar-refractivity contribution is 6.32. The number of fused-ring (bicyclic) bond motifs is 1. The first-order valence-corrected chi connectivity index (χ1v) is 11.9. The molecule has 1 atom stereocenters. The van der Waals surface area contributed by atoms with Crippen molar-refractivity contribution in [3.8, 4) is 17.6 Å². The van der Waals surface area contributed by atoms with Crippen LogP contribution in [-0.2, 0) is 11.3 Å². The van der Waals surface area contributed by atoms with Crippen molar-refractivity contribution >= 4 is 45.3 Å². The normalized spacial score (nSPS) is 14.6. The molecule has 1 aliphatic rings. The van der Waals surface area contributed by atoms with E-state index < -0.39 is 0 Å². The summed E-state index contributed by atoms with van der Waals surface area (Å²) in [5, 5.41) is 14.1. The minimum Gasteiger partial charge on any atom is -0.489 e. The highest BCUT2D eigenvalue weighted by Crippen LogP contribution is 2.37. The fourth-order valence-electron chi connectivity index (χ4n) is 4.08.